The molecule has 0 spiro atoms. The van der Waals surface area contributed by atoms with Gasteiger partial charge in [-0.1, -0.05) is 6.07 Å². The van der Waals surface area contributed by atoms with Gasteiger partial charge in [-0.3, -0.25) is 0 Å². The van der Waals surface area contributed by atoms with Gasteiger partial charge in [0.25, 0.3) is 0 Å². The van der Waals surface area contributed by atoms with E-state index in [1.165, 1.54) is 4.88 Å². The molecule has 0 atom stereocenters. The smallest absolute Gasteiger partial charge is 0.133 e. The maximum absolute atomic E-state index is 5.01. The van der Waals surface area contributed by atoms with Gasteiger partial charge in [0.1, 0.15) is 5.01 Å². The Balaban J connectivity index is 2.23. The van der Waals surface area contributed by atoms with Crippen molar-refractivity contribution in [2.45, 2.75) is 6.61 Å². The predicted octanol–water partition coefficient (Wildman–Crippen LogP) is 3.02. The van der Waals surface area contributed by atoms with E-state index >= 15 is 0 Å². The normalized spacial score (nSPS) is 10.5. The van der Waals surface area contributed by atoms with E-state index < -0.39 is 0 Å². The van der Waals surface area contributed by atoms with E-state index in [4.69, 9.17) is 4.74 Å². The van der Waals surface area contributed by atoms with Gasteiger partial charge in [-0.2, -0.15) is 0 Å². The van der Waals surface area contributed by atoms with Crippen LogP contribution in [0.1, 0.15) is 5.69 Å². The Hall–Kier alpha value is -0.710. The van der Waals surface area contributed by atoms with Gasteiger partial charge in [0.15, 0.2) is 0 Å². The van der Waals surface area contributed by atoms with Crippen LogP contribution in [0.15, 0.2) is 22.9 Å². The van der Waals surface area contributed by atoms with Crippen molar-refractivity contribution in [3.63, 3.8) is 0 Å². The van der Waals surface area contributed by atoms with Crippen LogP contribution in [0.25, 0.3) is 9.88 Å². The molecule has 0 saturated heterocycles. The van der Waals surface area contributed by atoms with Crippen LogP contribution in [-0.2, 0) is 11.3 Å². The van der Waals surface area contributed by atoms with Gasteiger partial charge in [-0.25, -0.2) is 4.98 Å². The first-order valence-electron chi connectivity index (χ1n) is 3.87. The van der Waals surface area contributed by atoms with Crippen molar-refractivity contribution in [1.29, 1.82) is 0 Å². The molecular formula is C9H9NOS2. The predicted molar refractivity (Wildman–Crippen MR) is 56.1 cm³/mol. The van der Waals surface area contributed by atoms with E-state index in [1.54, 1.807) is 29.8 Å². The summed E-state index contributed by atoms with van der Waals surface area (Å²) in [5.74, 6) is 0. The highest BCUT2D eigenvalue weighted by molar-refractivity contribution is 7.20. The summed E-state index contributed by atoms with van der Waals surface area (Å²) in [6.45, 7) is 0.599. The molecule has 0 aromatic carbocycles. The van der Waals surface area contributed by atoms with E-state index in [0.717, 1.165) is 10.7 Å². The number of thiophene rings is 1. The molecule has 0 N–H and O–H groups in total. The van der Waals surface area contributed by atoms with Gasteiger partial charge in [-0.05, 0) is 11.4 Å². The van der Waals surface area contributed by atoms with Gasteiger partial charge in [0.05, 0.1) is 17.2 Å². The molecule has 0 unspecified atom stereocenters. The second kappa shape index (κ2) is 4.00. The fraction of sp³-hybridized carbons (Fsp3) is 0.222. The van der Waals surface area contributed by atoms with Crippen LogP contribution in [0.2, 0.25) is 0 Å². The van der Waals surface area contributed by atoms with Crippen LogP contribution >= 0.6 is 22.7 Å². The molecule has 68 valence electrons. The molecule has 4 heteroatoms. The molecule has 0 radical (unpaired) electrons. The van der Waals surface area contributed by atoms with Crippen LogP contribution < -0.4 is 0 Å². The van der Waals surface area contributed by atoms with Gasteiger partial charge >= 0.3 is 0 Å². The largest absolute Gasteiger partial charge is 0.378 e. The molecule has 2 aromatic rings. The highest BCUT2D eigenvalue weighted by atomic mass is 32.1. The van der Waals surface area contributed by atoms with Crippen LogP contribution in [-0.4, -0.2) is 12.1 Å². The van der Waals surface area contributed by atoms with Crippen LogP contribution in [0, 0.1) is 0 Å². The number of nitrogens with zero attached hydrogens (tertiary/aromatic N) is 1. The van der Waals surface area contributed by atoms with Crippen molar-refractivity contribution in [3.05, 3.63) is 28.6 Å². The summed E-state index contributed by atoms with van der Waals surface area (Å²) >= 11 is 3.38. The molecule has 13 heavy (non-hydrogen) atoms. The lowest BCUT2D eigenvalue weighted by Gasteiger charge is -1.90. The molecular weight excluding hydrogens is 202 g/mol. The summed E-state index contributed by atoms with van der Waals surface area (Å²) < 4.78 is 5.01. The Morgan fingerprint density at radius 2 is 2.38 bits per heavy atom. The van der Waals surface area contributed by atoms with Crippen LogP contribution in [0.3, 0.4) is 0 Å². The Labute approximate surface area is 84.8 Å². The topological polar surface area (TPSA) is 22.1 Å². The third-order valence-electron chi connectivity index (χ3n) is 1.58. The van der Waals surface area contributed by atoms with Crippen LogP contribution in [0.5, 0.6) is 0 Å². The zero-order valence-electron chi connectivity index (χ0n) is 7.19. The molecule has 0 saturated carbocycles. The van der Waals surface area contributed by atoms with Crippen molar-refractivity contribution in [3.8, 4) is 9.88 Å². The van der Waals surface area contributed by atoms with Gasteiger partial charge in [0, 0.05) is 12.5 Å². The lowest BCUT2D eigenvalue weighted by molar-refractivity contribution is 0.182. The summed E-state index contributed by atoms with van der Waals surface area (Å²) in [5, 5.41) is 5.19. The first-order valence-corrected chi connectivity index (χ1v) is 5.63. The SMILES string of the molecule is COCc1csc(-c2cccs2)n1. The fourth-order valence-electron chi connectivity index (χ4n) is 1.03. The molecule has 0 aliphatic carbocycles. The minimum absolute atomic E-state index is 0.599. The average Bonchev–Trinajstić information content (AvgIpc) is 2.70. The lowest BCUT2D eigenvalue weighted by Crippen LogP contribution is -1.86. The molecule has 2 nitrogen and oxygen atoms in total. The summed E-state index contributed by atoms with van der Waals surface area (Å²) in [6, 6.07) is 4.12. The summed E-state index contributed by atoms with van der Waals surface area (Å²) in [6.07, 6.45) is 0. The van der Waals surface area contributed by atoms with E-state index in [-0.39, 0.29) is 0 Å². The van der Waals surface area contributed by atoms with E-state index in [9.17, 15) is 0 Å². The Kier molecular flexibility index (Phi) is 2.73. The zero-order chi connectivity index (χ0) is 9.10. The quantitative estimate of drug-likeness (QED) is 0.778. The maximum Gasteiger partial charge on any atom is 0.133 e. The summed E-state index contributed by atoms with van der Waals surface area (Å²) in [7, 11) is 1.68. The third kappa shape index (κ3) is 1.96. The number of methoxy groups -OCH3 is 1. The number of rotatable bonds is 3. The average molecular weight is 211 g/mol. The highest BCUT2D eigenvalue weighted by Gasteiger charge is 2.04. The van der Waals surface area contributed by atoms with Crippen LogP contribution in [0.4, 0.5) is 0 Å². The van der Waals surface area contributed by atoms with Gasteiger partial charge in [0.2, 0.25) is 0 Å². The Morgan fingerprint density at radius 1 is 1.46 bits per heavy atom. The first-order chi connectivity index (χ1) is 6.40. The van der Waals surface area contributed by atoms with Crippen molar-refractivity contribution in [2.24, 2.45) is 0 Å². The second-order valence-electron chi connectivity index (χ2n) is 2.55. The molecule has 0 bridgehead atoms. The van der Waals surface area contributed by atoms with Crippen molar-refractivity contribution in [1.82, 2.24) is 4.98 Å². The third-order valence-corrected chi connectivity index (χ3v) is 3.51. The minimum atomic E-state index is 0.599. The lowest BCUT2D eigenvalue weighted by atomic mass is 10.5. The number of hydrogen-bond donors (Lipinski definition) is 0. The molecule has 0 fully saturated rings. The number of ether oxygens (including phenoxy) is 1. The fourth-order valence-corrected chi connectivity index (χ4v) is 2.65. The van der Waals surface area contributed by atoms with Crippen molar-refractivity contribution >= 4 is 22.7 Å². The monoisotopic (exact) mass is 211 g/mol. The summed E-state index contributed by atoms with van der Waals surface area (Å²) in [4.78, 5) is 5.68. The van der Waals surface area contributed by atoms with E-state index in [1.807, 2.05) is 11.4 Å². The maximum atomic E-state index is 5.01. The molecule has 2 rings (SSSR count). The number of aromatic nitrogens is 1. The van der Waals surface area contributed by atoms with Gasteiger partial charge in [-0.15, -0.1) is 22.7 Å². The second-order valence-corrected chi connectivity index (χ2v) is 4.36. The van der Waals surface area contributed by atoms with Crippen molar-refractivity contribution in [2.75, 3.05) is 7.11 Å². The Morgan fingerprint density at radius 3 is 3.08 bits per heavy atom. The van der Waals surface area contributed by atoms with Gasteiger partial charge < -0.3 is 4.74 Å². The Bertz CT molecular complexity index is 367. The van der Waals surface area contributed by atoms with E-state index in [0.29, 0.717) is 6.61 Å². The molecule has 2 heterocycles. The molecule has 2 aromatic heterocycles. The molecule has 0 aliphatic heterocycles. The van der Waals surface area contributed by atoms with Crippen molar-refractivity contribution < 1.29 is 4.74 Å². The molecule has 0 amide bonds. The molecule has 0 aliphatic rings. The highest BCUT2D eigenvalue weighted by Crippen LogP contribution is 2.27. The number of thiazole rings is 1. The minimum Gasteiger partial charge on any atom is -0.378 e. The standard InChI is InChI=1S/C9H9NOS2/c1-11-5-7-6-13-9(10-7)8-3-2-4-12-8/h2-4,6H,5H2,1H3. The summed E-state index contributed by atoms with van der Waals surface area (Å²) in [5.41, 5.74) is 1.01. The zero-order valence-corrected chi connectivity index (χ0v) is 8.82. The first kappa shape index (κ1) is 8.87. The number of hydrogen-bond acceptors (Lipinski definition) is 4. The van der Waals surface area contributed by atoms with E-state index in [2.05, 4.69) is 16.4 Å².